The lowest BCUT2D eigenvalue weighted by Crippen LogP contribution is -2.39. The van der Waals surface area contributed by atoms with Crippen molar-refractivity contribution in [1.82, 2.24) is 20.0 Å². The normalized spacial score (nSPS) is 15.7. The van der Waals surface area contributed by atoms with Gasteiger partial charge in [0.05, 0.1) is 11.9 Å². The molecule has 1 saturated heterocycles. The highest BCUT2D eigenvalue weighted by molar-refractivity contribution is 6.30. The van der Waals surface area contributed by atoms with Gasteiger partial charge in [0.1, 0.15) is 0 Å². The lowest BCUT2D eigenvalue weighted by Gasteiger charge is -2.26. The molecule has 2 heterocycles. The van der Waals surface area contributed by atoms with Crippen LogP contribution in [0.5, 0.6) is 0 Å². The second kappa shape index (κ2) is 9.76. The average Bonchev–Trinajstić information content (AvgIpc) is 3.17. The molecule has 0 spiro atoms. The third-order valence-electron chi connectivity index (χ3n) is 4.96. The Kier molecular flexibility index (Phi) is 7.12. The van der Waals surface area contributed by atoms with Gasteiger partial charge in [0.15, 0.2) is 5.96 Å². The van der Waals surface area contributed by atoms with E-state index < -0.39 is 0 Å². The summed E-state index contributed by atoms with van der Waals surface area (Å²) in [6.45, 7) is 3.48. The van der Waals surface area contributed by atoms with Gasteiger partial charge in [-0.2, -0.15) is 5.10 Å². The number of rotatable bonds is 6. The second-order valence-corrected chi connectivity index (χ2v) is 7.37. The first-order chi connectivity index (χ1) is 13.2. The summed E-state index contributed by atoms with van der Waals surface area (Å²) in [5.74, 6) is 1.67. The maximum Gasteiger partial charge on any atom is 0.193 e. The van der Waals surface area contributed by atoms with E-state index >= 15 is 0 Å². The summed E-state index contributed by atoms with van der Waals surface area (Å²) in [4.78, 5) is 6.60. The van der Waals surface area contributed by atoms with Gasteiger partial charge in [-0.1, -0.05) is 11.6 Å². The smallest absolute Gasteiger partial charge is 0.193 e. The zero-order chi connectivity index (χ0) is 19.1. The molecule has 0 amide bonds. The topological polar surface area (TPSA) is 54.7 Å². The zero-order valence-electron chi connectivity index (χ0n) is 16.1. The zero-order valence-corrected chi connectivity index (χ0v) is 16.8. The van der Waals surface area contributed by atoms with E-state index in [9.17, 15) is 0 Å². The van der Waals surface area contributed by atoms with Crippen molar-refractivity contribution in [3.8, 4) is 5.69 Å². The van der Waals surface area contributed by atoms with Crippen LogP contribution < -0.4 is 5.32 Å². The lowest BCUT2D eigenvalue weighted by molar-refractivity contribution is 0.0625. The van der Waals surface area contributed by atoms with Crippen molar-refractivity contribution >= 4 is 17.6 Å². The lowest BCUT2D eigenvalue weighted by atomic mass is 9.96. The van der Waals surface area contributed by atoms with E-state index in [-0.39, 0.29) is 0 Å². The summed E-state index contributed by atoms with van der Waals surface area (Å²) >= 11 is 5.95. The maximum absolute atomic E-state index is 5.95. The monoisotopic (exact) mass is 389 g/mol. The Labute approximate surface area is 166 Å². The molecule has 6 nitrogen and oxygen atoms in total. The first-order valence-corrected chi connectivity index (χ1v) is 9.82. The molecular weight excluding hydrogens is 362 g/mol. The molecule has 2 aromatic rings. The third-order valence-corrected chi connectivity index (χ3v) is 5.22. The van der Waals surface area contributed by atoms with Crippen LogP contribution in [0, 0.1) is 5.92 Å². The summed E-state index contributed by atoms with van der Waals surface area (Å²) in [6.07, 6.45) is 7.41. The number of hydrogen-bond acceptors (Lipinski definition) is 3. The van der Waals surface area contributed by atoms with Crippen molar-refractivity contribution in [3.05, 3.63) is 47.2 Å². The fraction of sp³-hybridized carbons (Fsp3) is 0.500. The average molecular weight is 390 g/mol. The molecule has 0 radical (unpaired) electrons. The summed E-state index contributed by atoms with van der Waals surface area (Å²) in [5, 5.41) is 8.58. The number of aromatic nitrogens is 2. The molecule has 0 atom stereocenters. The highest BCUT2D eigenvalue weighted by Gasteiger charge is 2.15. The van der Waals surface area contributed by atoms with Crippen LogP contribution in [0.3, 0.4) is 0 Å². The van der Waals surface area contributed by atoms with Crippen LogP contribution in [0.15, 0.2) is 41.7 Å². The number of benzene rings is 1. The number of guanidine groups is 1. The minimum atomic E-state index is 0.682. The van der Waals surface area contributed by atoms with Crippen LogP contribution in [0.2, 0.25) is 5.02 Å². The fourth-order valence-electron chi connectivity index (χ4n) is 3.27. The molecule has 146 valence electrons. The molecule has 0 aliphatic carbocycles. The van der Waals surface area contributed by atoms with Gasteiger partial charge < -0.3 is 15.0 Å². The molecule has 0 unspecified atom stereocenters. The van der Waals surface area contributed by atoms with Gasteiger partial charge in [-0.15, -0.1) is 0 Å². The Hall–Kier alpha value is -2.05. The highest BCUT2D eigenvalue weighted by atomic mass is 35.5. The van der Waals surface area contributed by atoms with E-state index in [2.05, 4.69) is 27.4 Å². The highest BCUT2D eigenvalue weighted by Crippen LogP contribution is 2.18. The van der Waals surface area contributed by atoms with Crippen molar-refractivity contribution in [2.24, 2.45) is 10.9 Å². The summed E-state index contributed by atoms with van der Waals surface area (Å²) in [6, 6.07) is 7.64. The van der Waals surface area contributed by atoms with Gasteiger partial charge in [-0.05, 0) is 49.4 Å². The van der Waals surface area contributed by atoms with Gasteiger partial charge in [-0.25, -0.2) is 4.68 Å². The molecule has 1 aromatic heterocycles. The molecule has 0 saturated carbocycles. The minimum absolute atomic E-state index is 0.682. The maximum atomic E-state index is 5.95. The van der Waals surface area contributed by atoms with Gasteiger partial charge in [0, 0.05) is 57.2 Å². The Bertz CT molecular complexity index is 737. The molecule has 1 fully saturated rings. The predicted molar refractivity (Wildman–Crippen MR) is 110 cm³/mol. The standard InChI is InChI=1S/C20H28ClN5O/c1-22-20(25(2)10-7-16-8-11-27-12-9-16)23-13-17-14-24-26(15-17)19-5-3-18(21)4-6-19/h3-6,14-16H,7-13H2,1-2H3,(H,22,23). The van der Waals surface area contributed by atoms with Crippen LogP contribution in [-0.4, -0.2) is 54.5 Å². The summed E-state index contributed by atoms with van der Waals surface area (Å²) in [5.41, 5.74) is 2.09. The predicted octanol–water partition coefficient (Wildman–Crippen LogP) is 3.35. The van der Waals surface area contributed by atoms with Crippen molar-refractivity contribution in [2.45, 2.75) is 25.8 Å². The number of nitrogens with zero attached hydrogens (tertiary/aromatic N) is 4. The van der Waals surface area contributed by atoms with Crippen LogP contribution >= 0.6 is 11.6 Å². The van der Waals surface area contributed by atoms with Gasteiger partial charge >= 0.3 is 0 Å². The SMILES string of the molecule is CN=C(NCc1cnn(-c2ccc(Cl)cc2)c1)N(C)CCC1CCOCC1. The van der Waals surface area contributed by atoms with E-state index in [0.717, 1.165) is 47.9 Å². The van der Waals surface area contributed by atoms with E-state index in [4.69, 9.17) is 16.3 Å². The first kappa shape index (κ1) is 19.7. The number of halogens is 1. The van der Waals surface area contributed by atoms with Gasteiger partial charge in [-0.3, -0.25) is 4.99 Å². The molecule has 1 aliphatic heterocycles. The van der Waals surface area contributed by atoms with Gasteiger partial charge in [0.2, 0.25) is 0 Å². The Morgan fingerprint density at radius 1 is 1.33 bits per heavy atom. The number of nitrogens with one attached hydrogen (secondary N) is 1. The van der Waals surface area contributed by atoms with Crippen LogP contribution in [0.1, 0.15) is 24.8 Å². The fourth-order valence-corrected chi connectivity index (χ4v) is 3.40. The Morgan fingerprint density at radius 2 is 2.07 bits per heavy atom. The Morgan fingerprint density at radius 3 is 2.78 bits per heavy atom. The minimum Gasteiger partial charge on any atom is -0.381 e. The quantitative estimate of drug-likeness (QED) is 0.608. The van der Waals surface area contributed by atoms with Crippen LogP contribution in [0.4, 0.5) is 0 Å². The summed E-state index contributed by atoms with van der Waals surface area (Å²) < 4.78 is 7.29. The van der Waals surface area contributed by atoms with Crippen molar-refractivity contribution < 1.29 is 4.74 Å². The molecule has 1 aromatic carbocycles. The van der Waals surface area contributed by atoms with E-state index in [0.29, 0.717) is 6.54 Å². The van der Waals surface area contributed by atoms with E-state index in [1.807, 2.05) is 48.4 Å². The van der Waals surface area contributed by atoms with Crippen LogP contribution in [0.25, 0.3) is 5.69 Å². The number of aliphatic imine (C=N–C) groups is 1. The molecule has 1 N–H and O–H groups in total. The summed E-state index contributed by atoms with van der Waals surface area (Å²) in [7, 11) is 3.91. The molecule has 1 aliphatic rings. The molecule has 0 bridgehead atoms. The third kappa shape index (κ3) is 5.71. The largest absolute Gasteiger partial charge is 0.381 e. The molecular formula is C20H28ClN5O. The molecule has 7 heteroatoms. The van der Waals surface area contributed by atoms with Gasteiger partial charge in [0.25, 0.3) is 0 Å². The van der Waals surface area contributed by atoms with Crippen LogP contribution in [-0.2, 0) is 11.3 Å². The number of ether oxygens (including phenoxy) is 1. The first-order valence-electron chi connectivity index (χ1n) is 9.44. The second-order valence-electron chi connectivity index (χ2n) is 6.94. The van der Waals surface area contributed by atoms with Crippen molar-refractivity contribution in [2.75, 3.05) is 33.9 Å². The number of hydrogen-bond donors (Lipinski definition) is 1. The van der Waals surface area contributed by atoms with E-state index in [1.54, 1.807) is 0 Å². The molecule has 27 heavy (non-hydrogen) atoms. The van der Waals surface area contributed by atoms with Crippen molar-refractivity contribution in [3.63, 3.8) is 0 Å². The van der Waals surface area contributed by atoms with Crippen molar-refractivity contribution in [1.29, 1.82) is 0 Å². The Balaban J connectivity index is 1.49. The molecule has 3 rings (SSSR count). The van der Waals surface area contributed by atoms with E-state index in [1.165, 1.54) is 19.3 Å².